The highest BCUT2D eigenvalue weighted by Gasteiger charge is 2.41. The molecule has 0 saturated carbocycles. The summed E-state index contributed by atoms with van der Waals surface area (Å²) in [5, 5.41) is 3.10. The van der Waals surface area contributed by atoms with Gasteiger partial charge < -0.3 is 15.0 Å². The maximum atomic E-state index is 12.7. The normalized spacial score (nSPS) is 21.7. The Morgan fingerprint density at radius 3 is 2.45 bits per heavy atom. The summed E-state index contributed by atoms with van der Waals surface area (Å²) >= 11 is 0. The Morgan fingerprint density at radius 1 is 1.23 bits per heavy atom. The molecule has 2 amide bonds. The first-order valence-electron chi connectivity index (χ1n) is 7.81. The quantitative estimate of drug-likeness (QED) is 0.923. The molecule has 5 nitrogen and oxygen atoms in total. The fourth-order valence-corrected chi connectivity index (χ4v) is 3.48. The average molecular weight is 302 g/mol. The molecule has 0 unspecified atom stereocenters. The molecule has 5 heteroatoms. The maximum Gasteiger partial charge on any atom is 0.256 e. The lowest BCUT2D eigenvalue weighted by Crippen LogP contribution is -2.53. The Hall–Kier alpha value is -1.88. The van der Waals surface area contributed by atoms with Crippen LogP contribution in [0.3, 0.4) is 0 Å². The van der Waals surface area contributed by atoms with Gasteiger partial charge in [-0.2, -0.15) is 0 Å². The number of methoxy groups -OCH3 is 1. The number of hydrogen-bond acceptors (Lipinski definition) is 3. The minimum Gasteiger partial charge on any atom is -0.367 e. The number of nitrogens with zero attached hydrogens (tertiary/aromatic N) is 1. The number of nitrogens with one attached hydrogen (secondary N) is 1. The van der Waals surface area contributed by atoms with Crippen LogP contribution >= 0.6 is 0 Å². The second-order valence-corrected chi connectivity index (χ2v) is 6.18. The number of likely N-dealkylation sites (tertiary alicyclic amines) is 1. The molecule has 2 aliphatic heterocycles. The summed E-state index contributed by atoms with van der Waals surface area (Å²) in [5.74, 6) is 0.145. The molecule has 22 heavy (non-hydrogen) atoms. The van der Waals surface area contributed by atoms with E-state index in [0.717, 1.165) is 24.8 Å². The van der Waals surface area contributed by atoms with Gasteiger partial charge in [0.2, 0.25) is 5.91 Å². The molecule has 1 aromatic carbocycles. The van der Waals surface area contributed by atoms with E-state index in [1.54, 1.807) is 7.11 Å². The number of carbonyl (C=O) groups is 2. The van der Waals surface area contributed by atoms with E-state index in [0.29, 0.717) is 19.5 Å². The van der Waals surface area contributed by atoms with Crippen molar-refractivity contribution in [1.82, 2.24) is 10.2 Å². The van der Waals surface area contributed by atoms with Gasteiger partial charge in [-0.05, 0) is 24.8 Å². The second-order valence-electron chi connectivity index (χ2n) is 6.18. The van der Waals surface area contributed by atoms with Crippen molar-refractivity contribution >= 4 is 11.8 Å². The van der Waals surface area contributed by atoms with Crippen LogP contribution < -0.4 is 5.32 Å². The van der Waals surface area contributed by atoms with E-state index in [-0.39, 0.29) is 17.4 Å². The zero-order valence-corrected chi connectivity index (χ0v) is 12.9. The van der Waals surface area contributed by atoms with E-state index in [4.69, 9.17) is 4.74 Å². The first kappa shape index (κ1) is 15.0. The predicted octanol–water partition coefficient (Wildman–Crippen LogP) is 1.65. The maximum absolute atomic E-state index is 12.7. The van der Waals surface area contributed by atoms with Crippen molar-refractivity contribution in [3.05, 3.63) is 35.9 Å². The standard InChI is InChI=1S/C17H22N2O3/c1-22-15(13-5-3-2-4-6-13)16(21)19-11-9-17(10-12-19)8-7-14(20)18-17/h2-6,15H,7-12H2,1H3,(H,18,20)/t15-/m1/s1. The first-order valence-corrected chi connectivity index (χ1v) is 7.81. The summed E-state index contributed by atoms with van der Waals surface area (Å²) in [5.41, 5.74) is 0.799. The molecule has 2 saturated heterocycles. The van der Waals surface area contributed by atoms with Crippen molar-refractivity contribution in [1.29, 1.82) is 0 Å². The molecule has 1 N–H and O–H groups in total. The van der Waals surface area contributed by atoms with Crippen LogP contribution in [0.2, 0.25) is 0 Å². The Labute approximate surface area is 130 Å². The number of rotatable bonds is 3. The van der Waals surface area contributed by atoms with Crippen LogP contribution in [0.4, 0.5) is 0 Å². The summed E-state index contributed by atoms with van der Waals surface area (Å²) in [7, 11) is 1.57. The molecule has 2 aliphatic rings. The molecule has 0 bridgehead atoms. The van der Waals surface area contributed by atoms with Crippen LogP contribution in [0.1, 0.15) is 37.4 Å². The Balaban J connectivity index is 1.65. The van der Waals surface area contributed by atoms with Crippen molar-refractivity contribution in [2.24, 2.45) is 0 Å². The Morgan fingerprint density at radius 2 is 1.91 bits per heavy atom. The summed E-state index contributed by atoms with van der Waals surface area (Å²) in [6.45, 7) is 1.34. The third kappa shape index (κ3) is 2.86. The molecule has 0 radical (unpaired) electrons. The van der Waals surface area contributed by atoms with Gasteiger partial charge in [0.15, 0.2) is 6.10 Å². The van der Waals surface area contributed by atoms with E-state index >= 15 is 0 Å². The Kier molecular flexibility index (Phi) is 4.16. The fraction of sp³-hybridized carbons (Fsp3) is 0.529. The van der Waals surface area contributed by atoms with Crippen LogP contribution in [0.25, 0.3) is 0 Å². The minimum absolute atomic E-state index is 0.00729. The summed E-state index contributed by atoms with van der Waals surface area (Å²) in [6.07, 6.45) is 2.61. The van der Waals surface area contributed by atoms with Crippen LogP contribution in [-0.4, -0.2) is 42.5 Å². The summed E-state index contributed by atoms with van der Waals surface area (Å²) in [6, 6.07) is 9.57. The van der Waals surface area contributed by atoms with Crippen LogP contribution in [-0.2, 0) is 14.3 Å². The van der Waals surface area contributed by atoms with Gasteiger partial charge in [-0.3, -0.25) is 9.59 Å². The highest BCUT2D eigenvalue weighted by molar-refractivity contribution is 5.83. The second kappa shape index (κ2) is 6.08. The molecule has 2 fully saturated rings. The summed E-state index contributed by atoms with van der Waals surface area (Å²) in [4.78, 5) is 26.0. The molecule has 1 aromatic rings. The number of ether oxygens (including phenoxy) is 1. The van der Waals surface area contributed by atoms with Crippen molar-refractivity contribution in [3.63, 3.8) is 0 Å². The van der Waals surface area contributed by atoms with Gasteiger partial charge in [0.1, 0.15) is 0 Å². The monoisotopic (exact) mass is 302 g/mol. The lowest BCUT2D eigenvalue weighted by atomic mass is 9.86. The van der Waals surface area contributed by atoms with Crippen molar-refractivity contribution in [2.75, 3.05) is 20.2 Å². The average Bonchev–Trinajstić information content (AvgIpc) is 2.90. The van der Waals surface area contributed by atoms with E-state index in [2.05, 4.69) is 5.32 Å². The molecular formula is C17H22N2O3. The topological polar surface area (TPSA) is 58.6 Å². The third-order valence-corrected chi connectivity index (χ3v) is 4.83. The van der Waals surface area contributed by atoms with Gasteiger partial charge in [0.05, 0.1) is 0 Å². The van der Waals surface area contributed by atoms with Crippen molar-refractivity contribution < 1.29 is 14.3 Å². The molecule has 118 valence electrons. The number of hydrogen-bond donors (Lipinski definition) is 1. The molecule has 0 aliphatic carbocycles. The number of benzene rings is 1. The first-order chi connectivity index (χ1) is 10.6. The number of amides is 2. The van der Waals surface area contributed by atoms with Gasteiger partial charge in [-0.25, -0.2) is 0 Å². The molecule has 1 spiro atoms. The number of piperidine rings is 1. The molecule has 3 rings (SSSR count). The smallest absolute Gasteiger partial charge is 0.256 e. The van der Waals surface area contributed by atoms with E-state index in [1.807, 2.05) is 35.2 Å². The van der Waals surface area contributed by atoms with Gasteiger partial charge in [0, 0.05) is 32.2 Å². The third-order valence-electron chi connectivity index (χ3n) is 4.83. The van der Waals surface area contributed by atoms with Crippen molar-refractivity contribution in [3.8, 4) is 0 Å². The fourth-order valence-electron chi connectivity index (χ4n) is 3.48. The van der Waals surface area contributed by atoms with Gasteiger partial charge in [-0.1, -0.05) is 30.3 Å². The minimum atomic E-state index is -0.548. The Bertz CT molecular complexity index is 550. The van der Waals surface area contributed by atoms with Crippen LogP contribution in [0, 0.1) is 0 Å². The van der Waals surface area contributed by atoms with E-state index in [9.17, 15) is 9.59 Å². The highest BCUT2D eigenvalue weighted by Crippen LogP contribution is 2.32. The van der Waals surface area contributed by atoms with Crippen LogP contribution in [0.15, 0.2) is 30.3 Å². The van der Waals surface area contributed by atoms with Gasteiger partial charge in [-0.15, -0.1) is 0 Å². The summed E-state index contributed by atoms with van der Waals surface area (Å²) < 4.78 is 5.42. The number of carbonyl (C=O) groups excluding carboxylic acids is 2. The van der Waals surface area contributed by atoms with E-state index in [1.165, 1.54) is 0 Å². The SMILES string of the molecule is CO[C@@H](C(=O)N1CCC2(CCC(=O)N2)CC1)c1ccccc1. The molecule has 2 heterocycles. The predicted molar refractivity (Wildman–Crippen MR) is 82.1 cm³/mol. The van der Waals surface area contributed by atoms with Gasteiger partial charge in [0.25, 0.3) is 5.91 Å². The highest BCUT2D eigenvalue weighted by atomic mass is 16.5. The largest absolute Gasteiger partial charge is 0.367 e. The molecule has 1 atom stereocenters. The molecular weight excluding hydrogens is 280 g/mol. The lowest BCUT2D eigenvalue weighted by Gasteiger charge is -2.40. The van der Waals surface area contributed by atoms with Gasteiger partial charge >= 0.3 is 0 Å². The van der Waals surface area contributed by atoms with Crippen LogP contribution in [0.5, 0.6) is 0 Å². The lowest BCUT2D eigenvalue weighted by molar-refractivity contribution is -0.144. The molecule has 0 aromatic heterocycles. The van der Waals surface area contributed by atoms with Crippen molar-refractivity contribution in [2.45, 2.75) is 37.3 Å². The zero-order chi connectivity index (χ0) is 15.6. The van der Waals surface area contributed by atoms with E-state index < -0.39 is 6.10 Å². The zero-order valence-electron chi connectivity index (χ0n) is 12.9.